The van der Waals surface area contributed by atoms with Gasteiger partial charge in [-0.15, -0.1) is 0 Å². The maximum absolute atomic E-state index is 12.3. The number of benzene rings is 1. The van der Waals surface area contributed by atoms with Gasteiger partial charge in [0.15, 0.2) is 5.11 Å². The Morgan fingerprint density at radius 1 is 1.24 bits per heavy atom. The third kappa shape index (κ3) is 1.27. The monoisotopic (exact) mass is 246 g/mol. The van der Waals surface area contributed by atoms with Gasteiger partial charge in [0.25, 0.3) is 5.91 Å². The molecule has 1 heterocycles. The van der Waals surface area contributed by atoms with E-state index >= 15 is 0 Å². The van der Waals surface area contributed by atoms with Gasteiger partial charge in [-0.1, -0.05) is 18.2 Å². The van der Waals surface area contributed by atoms with Crippen molar-refractivity contribution in [3.63, 3.8) is 0 Å². The third-order valence-corrected chi connectivity index (χ3v) is 4.26. The number of hydrogen-bond donors (Lipinski definition) is 0. The lowest BCUT2D eigenvalue weighted by Gasteiger charge is -2.43. The number of rotatable bonds is 1. The van der Waals surface area contributed by atoms with Crippen molar-refractivity contribution in [2.45, 2.75) is 24.8 Å². The topological polar surface area (TPSA) is 23.6 Å². The number of hydrogen-bond acceptors (Lipinski definition) is 2. The highest BCUT2D eigenvalue weighted by atomic mass is 32.1. The number of amides is 1. The van der Waals surface area contributed by atoms with Crippen LogP contribution in [0.2, 0.25) is 0 Å². The molecule has 0 atom stereocenters. The Kier molecular flexibility index (Phi) is 2.23. The molecular formula is C13H14N2OS. The van der Waals surface area contributed by atoms with Crippen LogP contribution in [0.3, 0.4) is 0 Å². The van der Waals surface area contributed by atoms with E-state index in [1.54, 1.807) is 11.9 Å². The van der Waals surface area contributed by atoms with Gasteiger partial charge in [-0.05, 0) is 43.6 Å². The molecule has 1 saturated heterocycles. The number of thiocarbonyl (C=S) groups is 1. The number of carbonyl (C=O) groups excluding carboxylic acids is 1. The lowest BCUT2D eigenvalue weighted by molar-refractivity contribution is -0.132. The van der Waals surface area contributed by atoms with Crippen LogP contribution < -0.4 is 4.90 Å². The van der Waals surface area contributed by atoms with Crippen molar-refractivity contribution in [2.24, 2.45) is 0 Å². The predicted octanol–water partition coefficient (Wildman–Crippen LogP) is 2.17. The standard InChI is InChI=1S/C13H14N2OS/c1-14-11(16)13(8-5-9-13)15(12(14)17)10-6-3-2-4-7-10/h2-4,6-7H,5,8-9H2,1H3. The summed E-state index contributed by atoms with van der Waals surface area (Å²) in [6.07, 6.45) is 2.92. The summed E-state index contributed by atoms with van der Waals surface area (Å²) in [5.74, 6) is 0.151. The molecule has 3 nitrogen and oxygen atoms in total. The maximum atomic E-state index is 12.3. The first kappa shape index (κ1) is 10.7. The van der Waals surface area contributed by atoms with Crippen LogP contribution in [0.25, 0.3) is 0 Å². The SMILES string of the molecule is CN1C(=O)C2(CCC2)N(c2ccccc2)C1=S. The van der Waals surface area contributed by atoms with E-state index in [4.69, 9.17) is 12.2 Å². The van der Waals surface area contributed by atoms with Gasteiger partial charge in [0.1, 0.15) is 5.54 Å². The average molecular weight is 246 g/mol. The summed E-state index contributed by atoms with van der Waals surface area (Å²) in [6, 6.07) is 9.96. The second-order valence-corrected chi connectivity index (χ2v) is 5.07. The molecule has 0 radical (unpaired) electrons. The number of likely N-dealkylation sites (N-methyl/N-ethyl adjacent to an activating group) is 1. The van der Waals surface area contributed by atoms with Gasteiger partial charge in [0.05, 0.1) is 0 Å². The maximum Gasteiger partial charge on any atom is 0.254 e. The second-order valence-electron chi connectivity index (χ2n) is 4.70. The zero-order valence-corrected chi connectivity index (χ0v) is 10.5. The van der Waals surface area contributed by atoms with E-state index in [1.165, 1.54) is 0 Å². The van der Waals surface area contributed by atoms with E-state index in [1.807, 2.05) is 35.2 Å². The molecular weight excluding hydrogens is 232 g/mol. The zero-order chi connectivity index (χ0) is 12.0. The van der Waals surface area contributed by atoms with Crippen molar-refractivity contribution in [1.29, 1.82) is 0 Å². The molecule has 0 aromatic heterocycles. The largest absolute Gasteiger partial charge is 0.303 e. The summed E-state index contributed by atoms with van der Waals surface area (Å²) in [4.78, 5) is 15.9. The summed E-state index contributed by atoms with van der Waals surface area (Å²) < 4.78 is 0. The van der Waals surface area contributed by atoms with E-state index in [0.717, 1.165) is 24.9 Å². The van der Waals surface area contributed by atoms with E-state index in [9.17, 15) is 4.79 Å². The molecule has 2 fully saturated rings. The van der Waals surface area contributed by atoms with Gasteiger partial charge in [-0.25, -0.2) is 0 Å². The Morgan fingerprint density at radius 2 is 1.88 bits per heavy atom. The first-order chi connectivity index (χ1) is 8.17. The summed E-state index contributed by atoms with van der Waals surface area (Å²) in [7, 11) is 1.77. The van der Waals surface area contributed by atoms with Crippen molar-refractivity contribution in [3.8, 4) is 0 Å². The first-order valence-electron chi connectivity index (χ1n) is 5.84. The van der Waals surface area contributed by atoms with Crippen LogP contribution in [0, 0.1) is 0 Å². The highest BCUT2D eigenvalue weighted by Gasteiger charge is 2.57. The van der Waals surface area contributed by atoms with Crippen molar-refractivity contribution in [2.75, 3.05) is 11.9 Å². The Morgan fingerprint density at radius 3 is 2.41 bits per heavy atom. The fourth-order valence-electron chi connectivity index (χ4n) is 2.71. The van der Waals surface area contributed by atoms with Crippen LogP contribution in [-0.4, -0.2) is 28.5 Å². The highest BCUT2D eigenvalue weighted by molar-refractivity contribution is 7.80. The molecule has 2 aliphatic rings. The highest BCUT2D eigenvalue weighted by Crippen LogP contribution is 2.45. The number of anilines is 1. The van der Waals surface area contributed by atoms with Crippen molar-refractivity contribution in [3.05, 3.63) is 30.3 Å². The molecule has 1 aliphatic heterocycles. The quantitative estimate of drug-likeness (QED) is 0.710. The summed E-state index contributed by atoms with van der Waals surface area (Å²) in [5.41, 5.74) is 0.641. The van der Waals surface area contributed by atoms with E-state index in [0.29, 0.717) is 5.11 Å². The minimum absolute atomic E-state index is 0.151. The molecule has 1 aromatic rings. The molecule has 1 spiro atoms. The molecule has 0 N–H and O–H groups in total. The molecule has 0 bridgehead atoms. The van der Waals surface area contributed by atoms with Gasteiger partial charge >= 0.3 is 0 Å². The lowest BCUT2D eigenvalue weighted by atomic mass is 9.75. The first-order valence-corrected chi connectivity index (χ1v) is 6.25. The molecule has 4 heteroatoms. The Bertz CT molecular complexity index is 481. The fourth-order valence-corrected chi connectivity index (χ4v) is 3.07. The van der Waals surface area contributed by atoms with E-state index in [-0.39, 0.29) is 11.4 Å². The molecule has 0 unspecified atom stereocenters. The molecule has 3 rings (SSSR count). The Hall–Kier alpha value is -1.42. The molecule has 1 saturated carbocycles. The van der Waals surface area contributed by atoms with E-state index < -0.39 is 0 Å². The normalized spacial score (nSPS) is 22.2. The smallest absolute Gasteiger partial charge is 0.254 e. The lowest BCUT2D eigenvalue weighted by Crippen LogP contribution is -2.55. The minimum atomic E-state index is -0.382. The number of para-hydroxylation sites is 1. The van der Waals surface area contributed by atoms with Gasteiger partial charge < -0.3 is 4.90 Å². The second kappa shape index (κ2) is 3.53. The van der Waals surface area contributed by atoms with Crippen molar-refractivity contribution in [1.82, 2.24) is 4.90 Å². The zero-order valence-electron chi connectivity index (χ0n) is 9.72. The Balaban J connectivity index is 2.08. The Labute approximate surface area is 106 Å². The van der Waals surface area contributed by atoms with Crippen LogP contribution in [0.5, 0.6) is 0 Å². The predicted molar refractivity (Wildman–Crippen MR) is 70.9 cm³/mol. The molecule has 1 aliphatic carbocycles. The summed E-state index contributed by atoms with van der Waals surface area (Å²) >= 11 is 5.40. The van der Waals surface area contributed by atoms with Crippen LogP contribution >= 0.6 is 12.2 Å². The van der Waals surface area contributed by atoms with Crippen LogP contribution in [0.4, 0.5) is 5.69 Å². The third-order valence-electron chi connectivity index (χ3n) is 3.80. The van der Waals surface area contributed by atoms with Gasteiger partial charge in [-0.3, -0.25) is 9.69 Å². The number of carbonyl (C=O) groups is 1. The van der Waals surface area contributed by atoms with E-state index in [2.05, 4.69) is 0 Å². The van der Waals surface area contributed by atoms with Gasteiger partial charge in [0.2, 0.25) is 0 Å². The van der Waals surface area contributed by atoms with Gasteiger partial charge in [0, 0.05) is 12.7 Å². The molecule has 1 amide bonds. The summed E-state index contributed by atoms with van der Waals surface area (Å²) in [6.45, 7) is 0. The molecule has 17 heavy (non-hydrogen) atoms. The number of nitrogens with zero attached hydrogens (tertiary/aromatic N) is 2. The summed E-state index contributed by atoms with van der Waals surface area (Å²) in [5, 5.41) is 0.626. The average Bonchev–Trinajstić information content (AvgIpc) is 2.51. The van der Waals surface area contributed by atoms with Crippen LogP contribution in [0.15, 0.2) is 30.3 Å². The minimum Gasteiger partial charge on any atom is -0.303 e. The van der Waals surface area contributed by atoms with Crippen LogP contribution in [0.1, 0.15) is 19.3 Å². The van der Waals surface area contributed by atoms with Crippen LogP contribution in [-0.2, 0) is 4.79 Å². The molecule has 1 aromatic carbocycles. The van der Waals surface area contributed by atoms with Crippen molar-refractivity contribution < 1.29 is 4.79 Å². The van der Waals surface area contributed by atoms with Crippen molar-refractivity contribution >= 4 is 28.9 Å². The van der Waals surface area contributed by atoms with Gasteiger partial charge in [-0.2, -0.15) is 0 Å². The molecule has 88 valence electrons. The fraction of sp³-hybridized carbons (Fsp3) is 0.385.